The van der Waals surface area contributed by atoms with Gasteiger partial charge in [-0.25, -0.2) is 8.78 Å². The first kappa shape index (κ1) is 16.0. The Hall–Kier alpha value is -1.40. The molecule has 116 valence electrons. The highest BCUT2D eigenvalue weighted by Crippen LogP contribution is 2.29. The smallest absolute Gasteiger partial charge is 0.262 e. The van der Waals surface area contributed by atoms with Crippen LogP contribution in [0.4, 0.5) is 14.5 Å². The lowest BCUT2D eigenvalue weighted by molar-refractivity contribution is -0.118. The first-order valence-corrected chi connectivity index (χ1v) is 7.03. The number of halogens is 3. The number of rotatable bonds is 4. The molecule has 0 radical (unpaired) electrons. The molecule has 0 aliphatic carbocycles. The molecule has 1 aromatic carbocycles. The van der Waals surface area contributed by atoms with Gasteiger partial charge in [0.05, 0.1) is 23.7 Å². The molecular formula is C14H17ClF2N2O2. The van der Waals surface area contributed by atoms with Crippen molar-refractivity contribution in [2.75, 3.05) is 11.9 Å². The van der Waals surface area contributed by atoms with Crippen LogP contribution in [0, 0.1) is 0 Å². The summed E-state index contributed by atoms with van der Waals surface area (Å²) in [6.45, 7) is 3.27. The van der Waals surface area contributed by atoms with Crippen LogP contribution in [0.15, 0.2) is 18.2 Å². The normalized spacial score (nSPS) is 20.6. The summed E-state index contributed by atoms with van der Waals surface area (Å²) in [7, 11) is 0. The number of carbonyl (C=O) groups is 1. The van der Waals surface area contributed by atoms with Crippen LogP contribution in [0.5, 0.6) is 5.75 Å². The van der Waals surface area contributed by atoms with Crippen LogP contribution in [-0.4, -0.2) is 30.5 Å². The monoisotopic (exact) mass is 318 g/mol. The van der Waals surface area contributed by atoms with Crippen molar-refractivity contribution in [3.05, 3.63) is 23.2 Å². The second-order valence-corrected chi connectivity index (χ2v) is 5.70. The number of anilines is 1. The zero-order valence-corrected chi connectivity index (χ0v) is 12.5. The van der Waals surface area contributed by atoms with E-state index in [1.807, 2.05) is 13.8 Å². The van der Waals surface area contributed by atoms with Crippen LogP contribution in [0.3, 0.4) is 0 Å². The minimum absolute atomic E-state index is 0.0205. The van der Waals surface area contributed by atoms with Crippen molar-refractivity contribution in [1.29, 1.82) is 0 Å². The quantitative estimate of drug-likeness (QED) is 0.897. The van der Waals surface area contributed by atoms with E-state index >= 15 is 0 Å². The third-order valence-corrected chi connectivity index (χ3v) is 3.28. The fraction of sp³-hybridized carbons (Fsp3) is 0.500. The minimum atomic E-state index is -2.84. The summed E-state index contributed by atoms with van der Waals surface area (Å²) in [4.78, 5) is 11.9. The van der Waals surface area contributed by atoms with Crippen molar-refractivity contribution in [2.45, 2.75) is 38.3 Å². The van der Waals surface area contributed by atoms with Crippen LogP contribution in [0.2, 0.25) is 5.02 Å². The predicted octanol–water partition coefficient (Wildman–Crippen LogP) is 3.06. The molecule has 1 aromatic rings. The van der Waals surface area contributed by atoms with Gasteiger partial charge in [-0.2, -0.15) is 0 Å². The third-order valence-electron chi connectivity index (χ3n) is 2.99. The fourth-order valence-corrected chi connectivity index (χ4v) is 2.28. The Morgan fingerprint density at radius 1 is 1.52 bits per heavy atom. The average molecular weight is 319 g/mol. The van der Waals surface area contributed by atoms with Crippen molar-refractivity contribution in [1.82, 2.24) is 5.32 Å². The highest BCUT2D eigenvalue weighted by molar-refractivity contribution is 6.32. The van der Waals surface area contributed by atoms with Crippen LogP contribution in [0.25, 0.3) is 0 Å². The van der Waals surface area contributed by atoms with Gasteiger partial charge >= 0.3 is 0 Å². The Morgan fingerprint density at radius 3 is 2.76 bits per heavy atom. The largest absolute Gasteiger partial charge is 0.489 e. The van der Waals surface area contributed by atoms with Crippen LogP contribution < -0.4 is 15.4 Å². The molecule has 0 aromatic heterocycles. The maximum Gasteiger partial charge on any atom is 0.262 e. The molecule has 2 N–H and O–H groups in total. The van der Waals surface area contributed by atoms with E-state index in [1.54, 1.807) is 12.1 Å². The van der Waals surface area contributed by atoms with Gasteiger partial charge in [-0.3, -0.25) is 10.1 Å². The number of benzene rings is 1. The van der Waals surface area contributed by atoms with Gasteiger partial charge in [0.25, 0.3) is 5.92 Å². The van der Waals surface area contributed by atoms with Gasteiger partial charge < -0.3 is 10.1 Å². The van der Waals surface area contributed by atoms with Crippen molar-refractivity contribution in [2.24, 2.45) is 0 Å². The van der Waals surface area contributed by atoms with Crippen molar-refractivity contribution >= 4 is 23.2 Å². The lowest BCUT2D eigenvalue weighted by Crippen LogP contribution is -2.35. The number of hydrogen-bond donors (Lipinski definition) is 2. The van der Waals surface area contributed by atoms with E-state index in [9.17, 15) is 13.6 Å². The summed E-state index contributed by atoms with van der Waals surface area (Å²) in [5.74, 6) is -2.83. The van der Waals surface area contributed by atoms with E-state index in [2.05, 4.69) is 10.6 Å². The molecule has 1 saturated heterocycles. The van der Waals surface area contributed by atoms with E-state index in [4.69, 9.17) is 16.3 Å². The van der Waals surface area contributed by atoms with E-state index in [-0.39, 0.29) is 6.10 Å². The van der Waals surface area contributed by atoms with E-state index in [0.29, 0.717) is 16.5 Å². The van der Waals surface area contributed by atoms with Gasteiger partial charge in [0.1, 0.15) is 5.75 Å². The molecule has 1 unspecified atom stereocenters. The average Bonchev–Trinajstić information content (AvgIpc) is 2.73. The van der Waals surface area contributed by atoms with E-state index < -0.39 is 30.8 Å². The fourth-order valence-electron chi connectivity index (χ4n) is 2.06. The van der Waals surface area contributed by atoms with E-state index in [1.165, 1.54) is 6.07 Å². The Bertz CT molecular complexity index is 538. The van der Waals surface area contributed by atoms with Crippen LogP contribution in [0.1, 0.15) is 20.3 Å². The standard InChI is InChI=1S/C14H17ClF2N2O2/c1-8(2)21-12-4-3-9(5-10(12)15)19-13(20)11-6-14(16,17)7-18-11/h3-5,8,11,18H,6-7H2,1-2H3,(H,19,20). The zero-order valence-electron chi connectivity index (χ0n) is 11.8. The molecule has 1 atom stereocenters. The molecular weight excluding hydrogens is 302 g/mol. The molecule has 1 fully saturated rings. The number of amides is 1. The summed E-state index contributed by atoms with van der Waals surface area (Å²) in [5, 5.41) is 5.42. The van der Waals surface area contributed by atoms with Gasteiger partial charge in [0.2, 0.25) is 5.91 Å². The molecule has 1 aliphatic rings. The van der Waals surface area contributed by atoms with Crippen molar-refractivity contribution < 1.29 is 18.3 Å². The molecule has 4 nitrogen and oxygen atoms in total. The van der Waals surface area contributed by atoms with Gasteiger partial charge in [-0.15, -0.1) is 0 Å². The number of nitrogens with one attached hydrogen (secondary N) is 2. The van der Waals surface area contributed by atoms with Crippen LogP contribution in [-0.2, 0) is 4.79 Å². The molecule has 0 bridgehead atoms. The topological polar surface area (TPSA) is 50.4 Å². The van der Waals surface area contributed by atoms with Crippen molar-refractivity contribution in [3.8, 4) is 5.75 Å². The Morgan fingerprint density at radius 2 is 2.24 bits per heavy atom. The van der Waals surface area contributed by atoms with Crippen LogP contribution >= 0.6 is 11.6 Å². The molecule has 0 saturated carbocycles. The van der Waals surface area contributed by atoms with Gasteiger partial charge in [-0.1, -0.05) is 11.6 Å². The molecule has 2 rings (SSSR count). The van der Waals surface area contributed by atoms with E-state index in [0.717, 1.165) is 0 Å². The highest BCUT2D eigenvalue weighted by Gasteiger charge is 2.42. The summed E-state index contributed by atoms with van der Waals surface area (Å²) < 4.78 is 31.6. The first-order valence-electron chi connectivity index (χ1n) is 6.65. The predicted molar refractivity (Wildman–Crippen MR) is 77.2 cm³/mol. The maximum absolute atomic E-state index is 13.1. The van der Waals surface area contributed by atoms with Gasteiger partial charge in [0, 0.05) is 12.1 Å². The maximum atomic E-state index is 13.1. The second kappa shape index (κ2) is 6.15. The SMILES string of the molecule is CC(C)Oc1ccc(NC(=O)C2CC(F)(F)CN2)cc1Cl. The highest BCUT2D eigenvalue weighted by atomic mass is 35.5. The number of alkyl halides is 2. The summed E-state index contributed by atoms with van der Waals surface area (Å²) >= 11 is 6.05. The molecule has 0 spiro atoms. The van der Waals surface area contributed by atoms with Crippen molar-refractivity contribution in [3.63, 3.8) is 0 Å². The van der Waals surface area contributed by atoms with Gasteiger partial charge in [-0.05, 0) is 32.0 Å². The Balaban J connectivity index is 2.00. The lowest BCUT2D eigenvalue weighted by Gasteiger charge is -2.14. The Labute approximate surface area is 126 Å². The minimum Gasteiger partial charge on any atom is -0.489 e. The number of ether oxygens (including phenoxy) is 1. The summed E-state index contributed by atoms with van der Waals surface area (Å²) in [6, 6.07) is 3.89. The molecule has 1 amide bonds. The number of hydrogen-bond acceptors (Lipinski definition) is 3. The molecule has 1 heterocycles. The molecule has 7 heteroatoms. The number of carbonyl (C=O) groups excluding carboxylic acids is 1. The first-order chi connectivity index (χ1) is 9.77. The van der Waals surface area contributed by atoms with Gasteiger partial charge in [0.15, 0.2) is 0 Å². The molecule has 1 aliphatic heterocycles. The summed E-state index contributed by atoms with van der Waals surface area (Å²) in [6.07, 6.45) is -0.519. The second-order valence-electron chi connectivity index (χ2n) is 5.29. The molecule has 21 heavy (non-hydrogen) atoms. The summed E-state index contributed by atoms with van der Waals surface area (Å²) in [5.41, 5.74) is 0.443. The lowest BCUT2D eigenvalue weighted by atomic mass is 10.2. The third kappa shape index (κ3) is 4.28. The zero-order chi connectivity index (χ0) is 15.6. The Kier molecular flexibility index (Phi) is 4.68.